The van der Waals surface area contributed by atoms with Gasteiger partial charge in [-0.15, -0.1) is 0 Å². The number of hydrogen-bond acceptors (Lipinski definition) is 6. The molecule has 1 atom stereocenters. The fourth-order valence-corrected chi connectivity index (χ4v) is 2.73. The Labute approximate surface area is 141 Å². The van der Waals surface area contributed by atoms with Gasteiger partial charge in [-0.2, -0.15) is 4.98 Å². The molecule has 1 aliphatic rings. The Bertz CT molecular complexity index is 713. The summed E-state index contributed by atoms with van der Waals surface area (Å²) in [6.07, 6.45) is 1.48. The molecule has 0 aliphatic carbocycles. The van der Waals surface area contributed by atoms with Gasteiger partial charge >= 0.3 is 6.09 Å². The second-order valence-corrected chi connectivity index (χ2v) is 7.13. The fraction of sp³-hybridized carbons (Fsp3) is 0.588. The second kappa shape index (κ2) is 6.30. The highest BCUT2D eigenvalue weighted by atomic mass is 16.6. The van der Waals surface area contributed by atoms with E-state index >= 15 is 0 Å². The van der Waals surface area contributed by atoms with E-state index in [0.29, 0.717) is 30.6 Å². The topological polar surface area (TPSA) is 81.6 Å². The highest BCUT2D eigenvalue weighted by molar-refractivity contribution is 5.68. The normalized spacial score (nSPS) is 18.7. The molecule has 130 valence electrons. The number of rotatable bonds is 2. The lowest BCUT2D eigenvalue weighted by atomic mass is 9.98. The molecule has 1 unspecified atom stereocenters. The molecule has 24 heavy (non-hydrogen) atoms. The molecule has 3 heterocycles. The summed E-state index contributed by atoms with van der Waals surface area (Å²) < 4.78 is 16.4. The van der Waals surface area contributed by atoms with Crippen LogP contribution in [0, 0.1) is 6.92 Å². The van der Waals surface area contributed by atoms with Crippen molar-refractivity contribution in [2.24, 2.45) is 0 Å². The number of aryl methyl sites for hydroxylation is 1. The minimum absolute atomic E-state index is 0.0172. The van der Waals surface area contributed by atoms with E-state index in [0.717, 1.165) is 18.6 Å². The monoisotopic (exact) mass is 333 g/mol. The van der Waals surface area contributed by atoms with Crippen LogP contribution in [0.2, 0.25) is 0 Å². The minimum Gasteiger partial charge on any atom is -0.458 e. The van der Waals surface area contributed by atoms with Crippen LogP contribution >= 0.6 is 0 Å². The quantitative estimate of drug-likeness (QED) is 0.832. The van der Waals surface area contributed by atoms with E-state index in [1.165, 1.54) is 0 Å². The summed E-state index contributed by atoms with van der Waals surface area (Å²) in [6.45, 7) is 8.66. The van der Waals surface area contributed by atoms with Crippen LogP contribution in [-0.4, -0.2) is 39.8 Å². The van der Waals surface area contributed by atoms with Crippen LogP contribution in [0.5, 0.6) is 0 Å². The van der Waals surface area contributed by atoms with Crippen LogP contribution in [0.4, 0.5) is 4.79 Å². The predicted molar refractivity (Wildman–Crippen MR) is 86.5 cm³/mol. The number of likely N-dealkylation sites (tertiary alicyclic amines) is 1. The highest BCUT2D eigenvalue weighted by Gasteiger charge is 2.31. The molecule has 0 N–H and O–H groups in total. The highest BCUT2D eigenvalue weighted by Crippen LogP contribution is 2.28. The van der Waals surface area contributed by atoms with Gasteiger partial charge in [0.25, 0.3) is 0 Å². The Morgan fingerprint density at radius 1 is 1.38 bits per heavy atom. The Morgan fingerprint density at radius 2 is 2.17 bits per heavy atom. The Kier molecular flexibility index (Phi) is 4.34. The van der Waals surface area contributed by atoms with Gasteiger partial charge in [0, 0.05) is 13.1 Å². The van der Waals surface area contributed by atoms with Gasteiger partial charge in [-0.3, -0.25) is 0 Å². The number of carbonyl (C=O) groups excluding carboxylic acids is 1. The summed E-state index contributed by atoms with van der Waals surface area (Å²) in [6, 6.07) is 3.67. The third-order valence-corrected chi connectivity index (χ3v) is 3.82. The second-order valence-electron chi connectivity index (χ2n) is 7.13. The predicted octanol–water partition coefficient (Wildman–Crippen LogP) is 3.75. The number of carbonyl (C=O) groups is 1. The van der Waals surface area contributed by atoms with Crippen molar-refractivity contribution in [1.29, 1.82) is 0 Å². The summed E-state index contributed by atoms with van der Waals surface area (Å²) in [5.41, 5.74) is -0.501. The van der Waals surface area contributed by atoms with Crippen LogP contribution in [0.15, 0.2) is 21.1 Å². The number of aromatic nitrogens is 2. The first-order chi connectivity index (χ1) is 11.3. The standard InChI is InChI=1S/C17H23N3O4/c1-11-7-8-13(22-11)14-18-15(24-19-14)12-6-5-9-20(10-12)16(21)23-17(2,3)4/h7-8,12H,5-6,9-10H2,1-4H3. The third-order valence-electron chi connectivity index (χ3n) is 3.82. The zero-order valence-corrected chi connectivity index (χ0v) is 14.5. The molecule has 1 amide bonds. The molecular weight excluding hydrogens is 310 g/mol. The number of ether oxygens (including phenoxy) is 1. The van der Waals surface area contributed by atoms with Crippen molar-refractivity contribution in [3.05, 3.63) is 23.8 Å². The molecule has 1 fully saturated rings. The lowest BCUT2D eigenvalue weighted by molar-refractivity contribution is 0.0189. The summed E-state index contributed by atoms with van der Waals surface area (Å²) in [4.78, 5) is 18.4. The average molecular weight is 333 g/mol. The molecule has 0 radical (unpaired) electrons. The average Bonchev–Trinajstić information content (AvgIpc) is 3.14. The fourth-order valence-electron chi connectivity index (χ4n) is 2.73. The largest absolute Gasteiger partial charge is 0.458 e. The van der Waals surface area contributed by atoms with Gasteiger partial charge in [0.1, 0.15) is 11.4 Å². The van der Waals surface area contributed by atoms with Gasteiger partial charge in [-0.25, -0.2) is 4.79 Å². The van der Waals surface area contributed by atoms with Crippen LogP contribution in [0.25, 0.3) is 11.6 Å². The number of piperidine rings is 1. The lowest BCUT2D eigenvalue weighted by Crippen LogP contribution is -2.42. The minimum atomic E-state index is -0.501. The molecule has 0 aromatic carbocycles. The van der Waals surface area contributed by atoms with E-state index in [2.05, 4.69) is 10.1 Å². The molecule has 2 aromatic rings. The zero-order chi connectivity index (χ0) is 17.3. The van der Waals surface area contributed by atoms with Gasteiger partial charge in [-0.1, -0.05) is 5.16 Å². The Morgan fingerprint density at radius 3 is 2.83 bits per heavy atom. The van der Waals surface area contributed by atoms with Crippen molar-refractivity contribution in [2.45, 2.75) is 52.1 Å². The third kappa shape index (κ3) is 3.77. The molecule has 7 nitrogen and oxygen atoms in total. The molecule has 2 aromatic heterocycles. The van der Waals surface area contributed by atoms with Crippen LogP contribution in [0.3, 0.4) is 0 Å². The van der Waals surface area contributed by atoms with E-state index in [9.17, 15) is 4.79 Å². The smallest absolute Gasteiger partial charge is 0.410 e. The molecule has 0 bridgehead atoms. The van der Waals surface area contributed by atoms with E-state index in [1.807, 2.05) is 39.8 Å². The number of nitrogens with zero attached hydrogens (tertiary/aromatic N) is 3. The first-order valence-corrected chi connectivity index (χ1v) is 8.20. The molecule has 0 saturated carbocycles. The van der Waals surface area contributed by atoms with Crippen molar-refractivity contribution in [3.63, 3.8) is 0 Å². The van der Waals surface area contributed by atoms with Gasteiger partial charge < -0.3 is 18.6 Å². The van der Waals surface area contributed by atoms with Crippen LogP contribution < -0.4 is 0 Å². The summed E-state index contributed by atoms with van der Waals surface area (Å²) in [7, 11) is 0. The Balaban J connectivity index is 1.69. The van der Waals surface area contributed by atoms with Gasteiger partial charge in [0.2, 0.25) is 11.7 Å². The number of amides is 1. The first kappa shape index (κ1) is 16.5. The van der Waals surface area contributed by atoms with Crippen molar-refractivity contribution in [3.8, 4) is 11.6 Å². The SMILES string of the molecule is Cc1ccc(-c2noc(C3CCCN(C(=O)OC(C)(C)C)C3)n2)o1. The number of hydrogen-bond donors (Lipinski definition) is 0. The first-order valence-electron chi connectivity index (χ1n) is 8.20. The molecule has 0 spiro atoms. The summed E-state index contributed by atoms with van der Waals surface area (Å²) >= 11 is 0. The van der Waals surface area contributed by atoms with Gasteiger partial charge in [0.15, 0.2) is 5.76 Å². The zero-order valence-electron chi connectivity index (χ0n) is 14.5. The molecule has 3 rings (SSSR count). The number of furan rings is 1. The van der Waals surface area contributed by atoms with E-state index in [1.54, 1.807) is 4.90 Å². The molecule has 1 aliphatic heterocycles. The Hall–Kier alpha value is -2.31. The van der Waals surface area contributed by atoms with E-state index in [4.69, 9.17) is 13.7 Å². The maximum Gasteiger partial charge on any atom is 0.410 e. The maximum absolute atomic E-state index is 12.2. The van der Waals surface area contributed by atoms with Crippen molar-refractivity contribution < 1.29 is 18.5 Å². The van der Waals surface area contributed by atoms with Crippen molar-refractivity contribution in [1.82, 2.24) is 15.0 Å². The van der Waals surface area contributed by atoms with E-state index < -0.39 is 5.60 Å². The molecule has 7 heteroatoms. The maximum atomic E-state index is 12.2. The van der Waals surface area contributed by atoms with E-state index in [-0.39, 0.29) is 12.0 Å². The molecule has 1 saturated heterocycles. The van der Waals surface area contributed by atoms with Crippen molar-refractivity contribution >= 4 is 6.09 Å². The van der Waals surface area contributed by atoms with Crippen LogP contribution in [0.1, 0.15) is 51.2 Å². The van der Waals surface area contributed by atoms with Gasteiger partial charge in [0.05, 0.1) is 5.92 Å². The molecular formula is C17H23N3O4. The van der Waals surface area contributed by atoms with Gasteiger partial charge in [-0.05, 0) is 52.7 Å². The lowest BCUT2D eigenvalue weighted by Gasteiger charge is -2.32. The summed E-state index contributed by atoms with van der Waals surface area (Å²) in [5, 5.41) is 3.99. The van der Waals surface area contributed by atoms with Crippen LogP contribution in [-0.2, 0) is 4.74 Å². The van der Waals surface area contributed by atoms with Crippen molar-refractivity contribution in [2.75, 3.05) is 13.1 Å². The summed E-state index contributed by atoms with van der Waals surface area (Å²) in [5.74, 6) is 2.37.